The molecule has 0 aliphatic rings. The number of halogens is 5. The van der Waals surface area contributed by atoms with Crippen LogP contribution in [0.25, 0.3) is 11.1 Å². The lowest BCUT2D eigenvalue weighted by Crippen LogP contribution is -2.26. The molecule has 0 bridgehead atoms. The van der Waals surface area contributed by atoms with E-state index < -0.39 is 28.8 Å². The minimum absolute atomic E-state index is 0.0547. The zero-order valence-corrected chi connectivity index (χ0v) is 19.4. The van der Waals surface area contributed by atoms with E-state index in [9.17, 15) is 27.1 Å². The fourth-order valence-corrected chi connectivity index (χ4v) is 4.49. The molecule has 0 aromatic heterocycles. The Morgan fingerprint density at radius 1 is 0.722 bits per heavy atom. The van der Waals surface area contributed by atoms with Crippen LogP contribution in [0.5, 0.6) is 0 Å². The average Bonchev–Trinajstić information content (AvgIpc) is 2.83. The summed E-state index contributed by atoms with van der Waals surface area (Å²) in [7, 11) is 0. The van der Waals surface area contributed by atoms with Gasteiger partial charge in [0.05, 0.1) is 11.3 Å². The van der Waals surface area contributed by atoms with Gasteiger partial charge in [0.15, 0.2) is 0 Å². The van der Waals surface area contributed by atoms with Crippen molar-refractivity contribution < 1.29 is 27.1 Å². The molecule has 0 amide bonds. The highest BCUT2D eigenvalue weighted by Crippen LogP contribution is 2.44. The zero-order valence-electron chi connectivity index (χ0n) is 19.4. The molecule has 0 radical (unpaired) electrons. The number of allylic oxidation sites excluding steroid dienone is 1. The van der Waals surface area contributed by atoms with Crippen LogP contribution in [0.15, 0.2) is 103 Å². The van der Waals surface area contributed by atoms with Crippen LogP contribution in [-0.4, -0.2) is 5.11 Å². The van der Waals surface area contributed by atoms with E-state index in [0.29, 0.717) is 33.4 Å². The summed E-state index contributed by atoms with van der Waals surface area (Å²) < 4.78 is 67.2. The summed E-state index contributed by atoms with van der Waals surface area (Å²) in [6.45, 7) is 5.44. The van der Waals surface area contributed by atoms with Crippen molar-refractivity contribution in [2.45, 2.75) is 24.9 Å². The van der Waals surface area contributed by atoms with Crippen molar-refractivity contribution in [3.05, 3.63) is 143 Å². The number of benzene rings is 4. The summed E-state index contributed by atoms with van der Waals surface area (Å²) in [4.78, 5) is 0. The molecule has 0 aliphatic heterocycles. The van der Waals surface area contributed by atoms with E-state index in [1.807, 2.05) is 13.0 Å². The molecule has 0 aliphatic carbocycles. The Bertz CT molecular complexity index is 1320. The quantitative estimate of drug-likeness (QED) is 0.162. The monoisotopic (exact) mass is 494 g/mol. The van der Waals surface area contributed by atoms with Crippen molar-refractivity contribution in [2.75, 3.05) is 0 Å². The van der Waals surface area contributed by atoms with Crippen LogP contribution in [0, 0.1) is 11.6 Å². The standard InChI is InChI=1S/C30H23F5O/c1-19(36)17-20-3-16-28(27(18-20)21-4-6-24(7-5-21)30(33,34)35)29(2,22-8-12-25(31)13-9-22)23-10-14-26(32)15-11-23/h3-16,18,36H,1,17H2,2H3. The second kappa shape index (κ2) is 9.61. The lowest BCUT2D eigenvalue weighted by atomic mass is 9.68. The highest BCUT2D eigenvalue weighted by atomic mass is 19.4. The van der Waals surface area contributed by atoms with Crippen LogP contribution < -0.4 is 0 Å². The third-order valence-corrected chi connectivity index (χ3v) is 6.40. The topological polar surface area (TPSA) is 20.2 Å². The molecular weight excluding hydrogens is 471 g/mol. The number of aliphatic hydroxyl groups is 1. The molecule has 0 fully saturated rings. The Labute approximate surface area is 206 Å². The van der Waals surface area contributed by atoms with Crippen LogP contribution in [0.3, 0.4) is 0 Å². The summed E-state index contributed by atoms with van der Waals surface area (Å²) in [5.41, 5.74) is 2.30. The van der Waals surface area contributed by atoms with Gasteiger partial charge in [-0.1, -0.05) is 61.2 Å². The normalized spacial score (nSPS) is 11.9. The molecule has 6 heteroatoms. The molecular formula is C30H23F5O. The van der Waals surface area contributed by atoms with Crippen LogP contribution >= 0.6 is 0 Å². The smallest absolute Gasteiger partial charge is 0.416 e. The summed E-state index contributed by atoms with van der Waals surface area (Å²) in [6.07, 6.45) is -4.31. The summed E-state index contributed by atoms with van der Waals surface area (Å²) in [5.74, 6) is -0.888. The Morgan fingerprint density at radius 3 is 1.64 bits per heavy atom. The third kappa shape index (κ3) is 5.03. The minimum atomic E-state index is -4.48. The molecule has 0 saturated heterocycles. The van der Waals surface area contributed by atoms with E-state index in [-0.39, 0.29) is 12.2 Å². The summed E-state index contributed by atoms with van der Waals surface area (Å²) in [5, 5.41) is 9.74. The van der Waals surface area contributed by atoms with Crippen molar-refractivity contribution in [2.24, 2.45) is 0 Å². The van der Waals surface area contributed by atoms with E-state index in [4.69, 9.17) is 0 Å². The highest BCUT2D eigenvalue weighted by Gasteiger charge is 2.34. The molecule has 4 rings (SSSR count). The van der Waals surface area contributed by atoms with E-state index in [0.717, 1.165) is 12.1 Å². The van der Waals surface area contributed by atoms with E-state index in [2.05, 4.69) is 6.58 Å². The SMILES string of the molecule is C=C(O)Cc1ccc(C(C)(c2ccc(F)cc2)c2ccc(F)cc2)c(-c2ccc(C(F)(F)F)cc2)c1. The molecule has 1 nitrogen and oxygen atoms in total. The largest absolute Gasteiger partial charge is 0.513 e. The molecule has 0 saturated carbocycles. The van der Waals surface area contributed by atoms with Gasteiger partial charge in [0.1, 0.15) is 11.6 Å². The molecule has 4 aromatic rings. The van der Waals surface area contributed by atoms with Gasteiger partial charge in [0.25, 0.3) is 0 Å². The van der Waals surface area contributed by atoms with Crippen molar-refractivity contribution in [1.82, 2.24) is 0 Å². The zero-order chi connectivity index (χ0) is 26.1. The molecule has 0 heterocycles. The minimum Gasteiger partial charge on any atom is -0.513 e. The molecule has 0 spiro atoms. The van der Waals surface area contributed by atoms with Crippen LogP contribution in [0.1, 0.15) is 34.7 Å². The predicted molar refractivity (Wildman–Crippen MR) is 131 cm³/mol. The average molecular weight is 495 g/mol. The molecule has 0 atom stereocenters. The Hall–Kier alpha value is -3.93. The second-order valence-electron chi connectivity index (χ2n) is 8.84. The van der Waals surface area contributed by atoms with Gasteiger partial charge < -0.3 is 5.11 Å². The fraction of sp³-hybridized carbons (Fsp3) is 0.133. The van der Waals surface area contributed by atoms with Gasteiger partial charge in [-0.05, 0) is 76.7 Å². The third-order valence-electron chi connectivity index (χ3n) is 6.40. The number of hydrogen-bond acceptors (Lipinski definition) is 1. The van der Waals surface area contributed by atoms with Crippen LogP contribution in [-0.2, 0) is 18.0 Å². The van der Waals surface area contributed by atoms with E-state index in [1.165, 1.54) is 36.4 Å². The lowest BCUT2D eigenvalue weighted by molar-refractivity contribution is -0.137. The Morgan fingerprint density at radius 2 is 1.19 bits per heavy atom. The van der Waals surface area contributed by atoms with Gasteiger partial charge in [-0.2, -0.15) is 13.2 Å². The predicted octanol–water partition coefficient (Wildman–Crippen LogP) is 8.62. The van der Waals surface area contributed by atoms with Crippen molar-refractivity contribution in [3.8, 4) is 11.1 Å². The molecule has 36 heavy (non-hydrogen) atoms. The highest BCUT2D eigenvalue weighted by molar-refractivity contribution is 5.73. The maximum absolute atomic E-state index is 13.8. The van der Waals surface area contributed by atoms with Crippen molar-refractivity contribution in [3.63, 3.8) is 0 Å². The maximum atomic E-state index is 13.8. The first-order valence-corrected chi connectivity index (χ1v) is 11.2. The molecule has 0 unspecified atom stereocenters. The fourth-order valence-electron chi connectivity index (χ4n) is 4.49. The first-order valence-electron chi connectivity index (χ1n) is 11.2. The van der Waals surface area contributed by atoms with Gasteiger partial charge in [0.2, 0.25) is 0 Å². The van der Waals surface area contributed by atoms with Gasteiger partial charge in [-0.15, -0.1) is 0 Å². The summed E-state index contributed by atoms with van der Waals surface area (Å²) >= 11 is 0. The number of rotatable bonds is 6. The van der Waals surface area contributed by atoms with Gasteiger partial charge >= 0.3 is 6.18 Å². The number of hydrogen-bond donors (Lipinski definition) is 1. The van der Waals surface area contributed by atoms with E-state index in [1.54, 1.807) is 36.4 Å². The first kappa shape index (κ1) is 25.2. The molecule has 4 aromatic carbocycles. The van der Waals surface area contributed by atoms with E-state index >= 15 is 0 Å². The van der Waals surface area contributed by atoms with Gasteiger partial charge in [0, 0.05) is 11.8 Å². The first-order chi connectivity index (χ1) is 17.0. The molecule has 1 N–H and O–H groups in total. The second-order valence-corrected chi connectivity index (χ2v) is 8.84. The maximum Gasteiger partial charge on any atom is 0.416 e. The van der Waals surface area contributed by atoms with Gasteiger partial charge in [-0.25, -0.2) is 8.78 Å². The van der Waals surface area contributed by atoms with Crippen molar-refractivity contribution in [1.29, 1.82) is 0 Å². The Kier molecular flexibility index (Phi) is 6.72. The van der Waals surface area contributed by atoms with Gasteiger partial charge in [-0.3, -0.25) is 0 Å². The summed E-state index contributed by atoms with van der Waals surface area (Å²) in [6, 6.07) is 22.1. The number of alkyl halides is 3. The number of aliphatic hydroxyl groups excluding tert-OH is 1. The van der Waals surface area contributed by atoms with Crippen LogP contribution in [0.4, 0.5) is 22.0 Å². The lowest BCUT2D eigenvalue weighted by Gasteiger charge is -2.34. The van der Waals surface area contributed by atoms with Crippen molar-refractivity contribution >= 4 is 0 Å². The molecule has 184 valence electrons. The Balaban J connectivity index is 1.99. The van der Waals surface area contributed by atoms with Crippen LogP contribution in [0.2, 0.25) is 0 Å².